The van der Waals surface area contributed by atoms with Crippen LogP contribution >= 0.6 is 11.8 Å². The number of anilines is 1. The fourth-order valence-corrected chi connectivity index (χ4v) is 2.30. The van der Waals surface area contributed by atoms with Crippen molar-refractivity contribution in [2.24, 2.45) is 0 Å². The number of carbonyl (C=O) groups excluding carboxylic acids is 2. The van der Waals surface area contributed by atoms with E-state index in [1.54, 1.807) is 19.1 Å². The topological polar surface area (TPSA) is 116 Å². The predicted molar refractivity (Wildman–Crippen MR) is 93.0 cm³/mol. The molecule has 0 spiro atoms. The maximum absolute atomic E-state index is 11.9. The Morgan fingerprint density at radius 3 is 2.38 bits per heavy atom. The Hall–Kier alpha value is -2.06. The van der Waals surface area contributed by atoms with Crippen molar-refractivity contribution in [2.45, 2.75) is 31.6 Å². The van der Waals surface area contributed by atoms with E-state index in [-0.39, 0.29) is 11.7 Å². The summed E-state index contributed by atoms with van der Waals surface area (Å²) in [4.78, 5) is 34.5. The van der Waals surface area contributed by atoms with Crippen molar-refractivity contribution >= 4 is 35.2 Å². The van der Waals surface area contributed by atoms with Gasteiger partial charge in [-0.1, -0.05) is 17.7 Å². The molecule has 0 bridgehead atoms. The first-order valence-corrected chi connectivity index (χ1v) is 8.38. The lowest BCUT2D eigenvalue weighted by Gasteiger charge is -2.19. The van der Waals surface area contributed by atoms with Gasteiger partial charge in [-0.3, -0.25) is 9.59 Å². The Morgan fingerprint density at radius 1 is 1.25 bits per heavy atom. The van der Waals surface area contributed by atoms with Gasteiger partial charge in [0.25, 0.3) is 0 Å². The molecule has 24 heavy (non-hydrogen) atoms. The van der Waals surface area contributed by atoms with E-state index in [2.05, 4.69) is 10.6 Å². The zero-order valence-electron chi connectivity index (χ0n) is 13.8. The second kappa shape index (κ2) is 8.70. The molecule has 132 valence electrons. The van der Waals surface area contributed by atoms with E-state index in [0.29, 0.717) is 5.69 Å². The number of benzene rings is 1. The first-order chi connectivity index (χ1) is 11.1. The Labute approximate surface area is 144 Å². The maximum atomic E-state index is 11.9. The van der Waals surface area contributed by atoms with E-state index in [4.69, 9.17) is 5.11 Å². The monoisotopic (exact) mass is 354 g/mol. The van der Waals surface area contributed by atoms with Gasteiger partial charge in [0.15, 0.2) is 5.60 Å². The normalized spacial score (nSPS) is 14.3. The quantitative estimate of drug-likeness (QED) is 0.554. The maximum Gasteiger partial charge on any atom is 0.337 e. The van der Waals surface area contributed by atoms with Crippen LogP contribution in [0.3, 0.4) is 0 Å². The minimum Gasteiger partial charge on any atom is -0.479 e. The van der Waals surface area contributed by atoms with Crippen molar-refractivity contribution in [1.29, 1.82) is 0 Å². The number of rotatable bonds is 8. The first-order valence-electron chi connectivity index (χ1n) is 7.33. The highest BCUT2D eigenvalue weighted by Crippen LogP contribution is 2.13. The van der Waals surface area contributed by atoms with Crippen LogP contribution in [0.2, 0.25) is 0 Å². The molecule has 2 amide bonds. The molecule has 4 N–H and O–H groups in total. The zero-order chi connectivity index (χ0) is 18.3. The van der Waals surface area contributed by atoms with Gasteiger partial charge in [0.1, 0.15) is 0 Å². The van der Waals surface area contributed by atoms with Crippen LogP contribution < -0.4 is 10.6 Å². The van der Waals surface area contributed by atoms with Gasteiger partial charge in [-0.2, -0.15) is 0 Å². The van der Waals surface area contributed by atoms with Gasteiger partial charge < -0.3 is 20.8 Å². The van der Waals surface area contributed by atoms with Crippen LogP contribution in [-0.4, -0.2) is 51.1 Å². The molecule has 0 aromatic heterocycles. The summed E-state index contributed by atoms with van der Waals surface area (Å²) in [6, 6.07) is 7.35. The summed E-state index contributed by atoms with van der Waals surface area (Å²) < 4.78 is 0. The number of carbonyl (C=O) groups is 3. The smallest absolute Gasteiger partial charge is 0.337 e. The molecule has 0 aliphatic carbocycles. The van der Waals surface area contributed by atoms with Gasteiger partial charge in [0, 0.05) is 5.69 Å². The summed E-state index contributed by atoms with van der Waals surface area (Å²) in [6.45, 7) is 4.25. The Kier molecular flexibility index (Phi) is 7.24. The van der Waals surface area contributed by atoms with Crippen LogP contribution in [0.1, 0.15) is 19.4 Å². The van der Waals surface area contributed by atoms with Gasteiger partial charge in [-0.15, -0.1) is 11.8 Å². The molecule has 1 rings (SSSR count). The third kappa shape index (κ3) is 6.59. The van der Waals surface area contributed by atoms with Crippen molar-refractivity contribution in [3.63, 3.8) is 0 Å². The van der Waals surface area contributed by atoms with Gasteiger partial charge in [0.2, 0.25) is 11.8 Å². The molecule has 7 nitrogen and oxygen atoms in total. The van der Waals surface area contributed by atoms with Crippen molar-refractivity contribution in [3.05, 3.63) is 29.8 Å². The Balaban J connectivity index is 2.37. The third-order valence-corrected chi connectivity index (χ3v) is 4.38. The highest BCUT2D eigenvalue weighted by molar-refractivity contribution is 8.01. The number of amides is 2. The third-order valence-electron chi connectivity index (χ3n) is 3.24. The fraction of sp³-hybridized carbons (Fsp3) is 0.438. The van der Waals surface area contributed by atoms with Crippen molar-refractivity contribution in [2.75, 3.05) is 17.6 Å². The van der Waals surface area contributed by atoms with E-state index in [0.717, 1.165) is 24.2 Å². The van der Waals surface area contributed by atoms with Crippen molar-refractivity contribution < 1.29 is 24.6 Å². The van der Waals surface area contributed by atoms with Crippen LogP contribution in [0.15, 0.2) is 24.3 Å². The number of nitrogens with one attached hydrogen (secondary N) is 2. The summed E-state index contributed by atoms with van der Waals surface area (Å²) in [6.07, 6.45) is 0. The number of aliphatic hydroxyl groups is 1. The summed E-state index contributed by atoms with van der Waals surface area (Å²) in [5.41, 5.74) is -0.256. The number of thioether (sulfide) groups is 1. The number of aryl methyl sites for hydroxylation is 1. The van der Waals surface area contributed by atoms with Crippen LogP contribution in [0.5, 0.6) is 0 Å². The largest absolute Gasteiger partial charge is 0.479 e. The van der Waals surface area contributed by atoms with E-state index in [1.807, 2.05) is 19.1 Å². The molecule has 0 fully saturated rings. The van der Waals surface area contributed by atoms with E-state index in [1.165, 1.54) is 0 Å². The molecule has 0 heterocycles. The number of carboxylic acids is 1. The molecular formula is C16H22N2O5S. The standard InChI is InChI=1S/C16H22N2O5S/c1-10-4-6-12(7-5-10)18-13(19)8-24-11(2)14(20)17-9-16(3,23)15(21)22/h4-7,11,23H,8-9H2,1-3H3,(H,17,20)(H,18,19)(H,21,22). The van der Waals surface area contributed by atoms with Gasteiger partial charge in [0.05, 0.1) is 17.5 Å². The van der Waals surface area contributed by atoms with E-state index < -0.39 is 29.3 Å². The van der Waals surface area contributed by atoms with Crippen LogP contribution in [0, 0.1) is 6.92 Å². The number of hydrogen-bond acceptors (Lipinski definition) is 5. The lowest BCUT2D eigenvalue weighted by Crippen LogP contribution is -2.48. The molecule has 8 heteroatoms. The molecule has 2 atom stereocenters. The molecule has 0 saturated heterocycles. The first kappa shape index (κ1) is 20.0. The minimum absolute atomic E-state index is 0.0811. The van der Waals surface area contributed by atoms with Crippen LogP contribution in [0.25, 0.3) is 0 Å². The summed E-state index contributed by atoms with van der Waals surface area (Å²) in [5, 5.41) is 22.8. The predicted octanol–water partition coefficient (Wildman–Crippen LogP) is 1.01. The molecular weight excluding hydrogens is 332 g/mol. The fourth-order valence-electron chi connectivity index (χ4n) is 1.59. The second-order valence-corrected chi connectivity index (χ2v) is 6.99. The summed E-state index contributed by atoms with van der Waals surface area (Å²) >= 11 is 1.12. The molecule has 0 aliphatic rings. The van der Waals surface area contributed by atoms with Crippen molar-refractivity contribution in [3.8, 4) is 0 Å². The minimum atomic E-state index is -2.02. The molecule has 1 aromatic carbocycles. The SMILES string of the molecule is Cc1ccc(NC(=O)CSC(C)C(=O)NCC(C)(O)C(=O)O)cc1. The van der Waals surface area contributed by atoms with Gasteiger partial charge in [-0.25, -0.2) is 4.79 Å². The van der Waals surface area contributed by atoms with Gasteiger partial charge >= 0.3 is 5.97 Å². The lowest BCUT2D eigenvalue weighted by molar-refractivity contribution is -0.156. The van der Waals surface area contributed by atoms with E-state index in [9.17, 15) is 19.5 Å². The average Bonchev–Trinajstić information content (AvgIpc) is 2.52. The molecule has 0 radical (unpaired) electrons. The number of hydrogen-bond donors (Lipinski definition) is 4. The van der Waals surface area contributed by atoms with Gasteiger partial charge in [-0.05, 0) is 32.9 Å². The average molecular weight is 354 g/mol. The Bertz CT molecular complexity index is 601. The van der Waals surface area contributed by atoms with Crippen molar-refractivity contribution in [1.82, 2.24) is 5.32 Å². The highest BCUT2D eigenvalue weighted by atomic mass is 32.2. The molecule has 0 saturated carbocycles. The second-order valence-electron chi connectivity index (χ2n) is 5.66. The zero-order valence-corrected chi connectivity index (χ0v) is 14.6. The van der Waals surface area contributed by atoms with Crippen LogP contribution in [-0.2, 0) is 14.4 Å². The van der Waals surface area contributed by atoms with E-state index >= 15 is 0 Å². The summed E-state index contributed by atoms with van der Waals surface area (Å²) in [7, 11) is 0. The summed E-state index contributed by atoms with van der Waals surface area (Å²) in [5.74, 6) is -2.01. The molecule has 0 aliphatic heterocycles. The van der Waals surface area contributed by atoms with Crippen LogP contribution in [0.4, 0.5) is 5.69 Å². The number of aliphatic carboxylic acids is 1. The lowest BCUT2D eigenvalue weighted by atomic mass is 10.1. The molecule has 2 unspecified atom stereocenters. The molecule has 1 aromatic rings. The number of carboxylic acid groups (broad SMARTS) is 1. The Morgan fingerprint density at radius 2 is 1.83 bits per heavy atom. The highest BCUT2D eigenvalue weighted by Gasteiger charge is 2.30.